The molecule has 148 valence electrons. The van der Waals surface area contributed by atoms with Gasteiger partial charge in [0.25, 0.3) is 0 Å². The van der Waals surface area contributed by atoms with Crippen LogP contribution in [0.3, 0.4) is 0 Å². The Morgan fingerprint density at radius 1 is 1.25 bits per heavy atom. The van der Waals surface area contributed by atoms with Crippen molar-refractivity contribution in [1.29, 1.82) is 0 Å². The Morgan fingerprint density at radius 2 is 2.04 bits per heavy atom. The van der Waals surface area contributed by atoms with Gasteiger partial charge in [0, 0.05) is 46.0 Å². The number of benzene rings is 1. The summed E-state index contributed by atoms with van der Waals surface area (Å²) >= 11 is 0. The van der Waals surface area contributed by atoms with Crippen molar-refractivity contribution in [3.63, 3.8) is 0 Å². The summed E-state index contributed by atoms with van der Waals surface area (Å²) in [5.41, 5.74) is 2.90. The SMILES string of the molecule is CN=C(NCCc1cn2ccccc2n1)N(C)Cc1ccc(OC(F)F)cc1. The molecule has 1 aromatic carbocycles. The molecule has 28 heavy (non-hydrogen) atoms. The van der Waals surface area contributed by atoms with E-state index in [0.29, 0.717) is 13.1 Å². The van der Waals surface area contributed by atoms with Crippen LogP contribution in [0.2, 0.25) is 0 Å². The second-order valence-corrected chi connectivity index (χ2v) is 6.30. The predicted octanol–water partition coefficient (Wildman–Crippen LogP) is 3.19. The van der Waals surface area contributed by atoms with Crippen LogP contribution < -0.4 is 10.1 Å². The van der Waals surface area contributed by atoms with Crippen molar-refractivity contribution in [2.24, 2.45) is 4.99 Å². The fourth-order valence-electron chi connectivity index (χ4n) is 2.92. The summed E-state index contributed by atoms with van der Waals surface area (Å²) in [5.74, 6) is 0.896. The molecule has 6 nitrogen and oxygen atoms in total. The first-order valence-corrected chi connectivity index (χ1v) is 8.93. The van der Waals surface area contributed by atoms with Gasteiger partial charge in [-0.15, -0.1) is 0 Å². The molecule has 0 saturated heterocycles. The second-order valence-electron chi connectivity index (χ2n) is 6.30. The lowest BCUT2D eigenvalue weighted by molar-refractivity contribution is -0.0498. The number of ether oxygens (including phenoxy) is 1. The van der Waals surface area contributed by atoms with Gasteiger partial charge >= 0.3 is 6.61 Å². The minimum atomic E-state index is -2.82. The number of rotatable bonds is 7. The van der Waals surface area contributed by atoms with Crippen LogP contribution >= 0.6 is 0 Å². The molecule has 2 heterocycles. The van der Waals surface area contributed by atoms with Gasteiger partial charge < -0.3 is 19.4 Å². The summed E-state index contributed by atoms with van der Waals surface area (Å²) in [5, 5.41) is 3.32. The topological polar surface area (TPSA) is 54.2 Å². The number of pyridine rings is 1. The molecule has 3 rings (SSSR count). The normalized spacial score (nSPS) is 11.8. The molecule has 0 saturated carbocycles. The van der Waals surface area contributed by atoms with Crippen LogP contribution in [0.1, 0.15) is 11.3 Å². The lowest BCUT2D eigenvalue weighted by atomic mass is 10.2. The first-order chi connectivity index (χ1) is 13.5. The highest BCUT2D eigenvalue weighted by atomic mass is 19.3. The Labute approximate surface area is 162 Å². The number of aromatic nitrogens is 2. The Balaban J connectivity index is 1.51. The summed E-state index contributed by atoms with van der Waals surface area (Å²) in [4.78, 5) is 10.8. The maximum atomic E-state index is 12.2. The van der Waals surface area contributed by atoms with Crippen molar-refractivity contribution >= 4 is 11.6 Å². The first-order valence-electron chi connectivity index (χ1n) is 8.93. The molecular formula is C20H23F2N5O. The lowest BCUT2D eigenvalue weighted by Crippen LogP contribution is -2.39. The Bertz CT molecular complexity index is 891. The van der Waals surface area contributed by atoms with E-state index in [4.69, 9.17) is 0 Å². The van der Waals surface area contributed by atoms with Crippen molar-refractivity contribution in [2.75, 3.05) is 20.6 Å². The highest BCUT2D eigenvalue weighted by molar-refractivity contribution is 5.79. The second kappa shape index (κ2) is 9.16. The molecule has 0 aliphatic heterocycles. The van der Waals surface area contributed by atoms with Crippen LogP contribution in [-0.2, 0) is 13.0 Å². The molecule has 2 aromatic heterocycles. The number of nitrogens with one attached hydrogen (secondary N) is 1. The van der Waals surface area contributed by atoms with Crippen LogP contribution in [0.15, 0.2) is 59.9 Å². The summed E-state index contributed by atoms with van der Waals surface area (Å²) in [6, 6.07) is 12.5. The molecule has 0 atom stereocenters. The van der Waals surface area contributed by atoms with E-state index in [2.05, 4.69) is 20.0 Å². The third kappa shape index (κ3) is 5.18. The van der Waals surface area contributed by atoms with E-state index in [1.165, 1.54) is 12.1 Å². The molecule has 0 aliphatic rings. The highest BCUT2D eigenvalue weighted by Gasteiger charge is 2.09. The fraction of sp³-hybridized carbons (Fsp3) is 0.300. The summed E-state index contributed by atoms with van der Waals surface area (Å²) < 4.78 is 30.8. The number of halogens is 2. The third-order valence-corrected chi connectivity index (χ3v) is 4.22. The monoisotopic (exact) mass is 387 g/mol. The maximum Gasteiger partial charge on any atom is 0.387 e. The van der Waals surface area contributed by atoms with Gasteiger partial charge in [-0.3, -0.25) is 4.99 Å². The Kier molecular flexibility index (Phi) is 6.41. The van der Waals surface area contributed by atoms with Gasteiger partial charge in [-0.25, -0.2) is 4.98 Å². The molecule has 0 bridgehead atoms. The number of imidazole rings is 1. The van der Waals surface area contributed by atoms with Gasteiger partial charge in [-0.1, -0.05) is 18.2 Å². The summed E-state index contributed by atoms with van der Waals surface area (Å²) in [7, 11) is 3.65. The van der Waals surface area contributed by atoms with Gasteiger partial charge in [0.05, 0.1) is 5.69 Å². The minimum absolute atomic E-state index is 0.149. The number of aliphatic imine (C=N–C) groups is 1. The predicted molar refractivity (Wildman–Crippen MR) is 105 cm³/mol. The van der Waals surface area contributed by atoms with Crippen molar-refractivity contribution in [3.8, 4) is 5.75 Å². The van der Waals surface area contributed by atoms with E-state index in [-0.39, 0.29) is 5.75 Å². The molecule has 0 fully saturated rings. The van der Waals surface area contributed by atoms with Crippen LogP contribution in [0.25, 0.3) is 5.65 Å². The molecule has 0 unspecified atom stereocenters. The van der Waals surface area contributed by atoms with Crippen molar-refractivity contribution < 1.29 is 13.5 Å². The third-order valence-electron chi connectivity index (χ3n) is 4.22. The van der Waals surface area contributed by atoms with Gasteiger partial charge in [-0.05, 0) is 29.8 Å². The number of alkyl halides is 2. The van der Waals surface area contributed by atoms with Crippen LogP contribution in [0.5, 0.6) is 5.75 Å². The van der Waals surface area contributed by atoms with Gasteiger partial charge in [0.15, 0.2) is 5.96 Å². The molecule has 8 heteroatoms. The van der Waals surface area contributed by atoms with Gasteiger partial charge in [0.2, 0.25) is 0 Å². The highest BCUT2D eigenvalue weighted by Crippen LogP contribution is 2.15. The Morgan fingerprint density at radius 3 is 2.71 bits per heavy atom. The zero-order chi connectivity index (χ0) is 19.9. The Hall–Kier alpha value is -3.16. The number of guanidine groups is 1. The summed E-state index contributed by atoms with van der Waals surface area (Å²) in [6.45, 7) is -1.53. The minimum Gasteiger partial charge on any atom is -0.435 e. The lowest BCUT2D eigenvalue weighted by Gasteiger charge is -2.22. The zero-order valence-corrected chi connectivity index (χ0v) is 15.8. The van der Waals surface area contributed by atoms with Crippen LogP contribution in [0.4, 0.5) is 8.78 Å². The van der Waals surface area contributed by atoms with E-state index >= 15 is 0 Å². The largest absolute Gasteiger partial charge is 0.435 e. The summed E-state index contributed by atoms with van der Waals surface area (Å²) in [6.07, 6.45) is 4.77. The van der Waals surface area contributed by atoms with E-state index in [9.17, 15) is 8.78 Å². The van der Waals surface area contributed by atoms with Crippen molar-refractivity contribution in [2.45, 2.75) is 19.6 Å². The number of fused-ring (bicyclic) bond motifs is 1. The van der Waals surface area contributed by atoms with Gasteiger partial charge in [-0.2, -0.15) is 8.78 Å². The van der Waals surface area contributed by atoms with E-state index < -0.39 is 6.61 Å². The number of hydrogen-bond donors (Lipinski definition) is 1. The smallest absolute Gasteiger partial charge is 0.387 e. The van der Waals surface area contributed by atoms with Crippen LogP contribution in [-0.4, -0.2) is 47.5 Å². The first kappa shape index (κ1) is 19.6. The average molecular weight is 387 g/mol. The fourth-order valence-corrected chi connectivity index (χ4v) is 2.92. The molecule has 3 aromatic rings. The standard InChI is InChI=1S/C20H23F2N5O/c1-23-20(24-11-10-16-14-27-12-4-3-5-18(27)25-16)26(2)13-15-6-8-17(9-7-15)28-19(21)22/h3-9,12,14,19H,10-11,13H2,1-2H3,(H,23,24). The van der Waals surface area contributed by atoms with Gasteiger partial charge in [0.1, 0.15) is 11.4 Å². The van der Waals surface area contributed by atoms with E-state index in [1.807, 2.05) is 46.9 Å². The quantitative estimate of drug-likeness (QED) is 0.500. The van der Waals surface area contributed by atoms with E-state index in [0.717, 1.165) is 29.3 Å². The van der Waals surface area contributed by atoms with Crippen LogP contribution in [0, 0.1) is 0 Å². The molecular weight excluding hydrogens is 364 g/mol. The molecule has 0 amide bonds. The molecule has 0 radical (unpaired) electrons. The molecule has 1 N–H and O–H groups in total. The number of hydrogen-bond acceptors (Lipinski definition) is 3. The molecule has 0 spiro atoms. The average Bonchev–Trinajstić information content (AvgIpc) is 3.09. The zero-order valence-electron chi connectivity index (χ0n) is 15.8. The van der Waals surface area contributed by atoms with Crippen molar-refractivity contribution in [3.05, 3.63) is 66.1 Å². The molecule has 0 aliphatic carbocycles. The van der Waals surface area contributed by atoms with Crippen molar-refractivity contribution in [1.82, 2.24) is 19.6 Å². The number of nitrogens with zero attached hydrogens (tertiary/aromatic N) is 4. The van der Waals surface area contributed by atoms with E-state index in [1.54, 1.807) is 19.2 Å². The maximum absolute atomic E-state index is 12.2.